The number of methoxy groups -OCH3 is 1. The van der Waals surface area contributed by atoms with Crippen LogP contribution in [-0.2, 0) is 13.0 Å². The van der Waals surface area contributed by atoms with Crippen molar-refractivity contribution in [3.8, 4) is 17.0 Å². The lowest BCUT2D eigenvalue weighted by atomic mass is 10.0. The molecule has 0 aliphatic carbocycles. The Morgan fingerprint density at radius 3 is 2.81 bits per heavy atom. The highest BCUT2D eigenvalue weighted by Gasteiger charge is 2.11. The summed E-state index contributed by atoms with van der Waals surface area (Å²) in [6.07, 6.45) is 2.96. The number of thiophene rings is 1. The Morgan fingerprint density at radius 1 is 1.15 bits per heavy atom. The fourth-order valence-electron chi connectivity index (χ4n) is 3.29. The van der Waals surface area contributed by atoms with E-state index in [1.807, 2.05) is 23.6 Å². The second-order valence-corrected chi connectivity index (χ2v) is 7.80. The van der Waals surface area contributed by atoms with E-state index in [0.29, 0.717) is 6.04 Å². The summed E-state index contributed by atoms with van der Waals surface area (Å²) in [6, 6.07) is 17.3. The third-order valence-corrected chi connectivity index (χ3v) is 5.68. The van der Waals surface area contributed by atoms with E-state index in [1.54, 1.807) is 7.11 Å². The van der Waals surface area contributed by atoms with Gasteiger partial charge in [-0.05, 0) is 53.8 Å². The second-order valence-electron chi connectivity index (χ2n) is 6.76. The number of nitrogens with zero attached hydrogens (tertiary/aromatic N) is 1. The first-order valence-corrected chi connectivity index (χ1v) is 9.97. The highest BCUT2D eigenvalue weighted by molar-refractivity contribution is 7.09. The van der Waals surface area contributed by atoms with E-state index in [4.69, 9.17) is 4.74 Å². The number of hydrogen-bond donors (Lipinski definition) is 2. The van der Waals surface area contributed by atoms with Crippen LogP contribution in [0.1, 0.15) is 17.4 Å². The van der Waals surface area contributed by atoms with Crippen LogP contribution in [-0.4, -0.2) is 23.3 Å². The van der Waals surface area contributed by atoms with E-state index in [-0.39, 0.29) is 0 Å². The van der Waals surface area contributed by atoms with Gasteiger partial charge in [0.05, 0.1) is 19.0 Å². The number of H-pyrrole nitrogens is 1. The molecule has 4 nitrogen and oxygen atoms in total. The van der Waals surface area contributed by atoms with Gasteiger partial charge >= 0.3 is 0 Å². The van der Waals surface area contributed by atoms with Gasteiger partial charge in [-0.25, -0.2) is 0 Å². The van der Waals surface area contributed by atoms with Crippen molar-refractivity contribution in [2.75, 3.05) is 7.11 Å². The van der Waals surface area contributed by atoms with E-state index in [0.717, 1.165) is 30.0 Å². The monoisotopic (exact) mass is 377 g/mol. The molecule has 5 heteroatoms. The third-order valence-electron chi connectivity index (χ3n) is 4.78. The van der Waals surface area contributed by atoms with Crippen molar-refractivity contribution in [2.45, 2.75) is 25.9 Å². The summed E-state index contributed by atoms with van der Waals surface area (Å²) in [5.41, 5.74) is 3.40. The van der Waals surface area contributed by atoms with Crippen LogP contribution in [0.2, 0.25) is 0 Å². The average molecular weight is 378 g/mol. The van der Waals surface area contributed by atoms with E-state index >= 15 is 0 Å². The van der Waals surface area contributed by atoms with Crippen LogP contribution >= 0.6 is 11.3 Å². The fourth-order valence-corrected chi connectivity index (χ4v) is 4.12. The van der Waals surface area contributed by atoms with Crippen LogP contribution in [0.3, 0.4) is 0 Å². The number of benzene rings is 2. The van der Waals surface area contributed by atoms with Crippen LogP contribution < -0.4 is 10.1 Å². The van der Waals surface area contributed by atoms with Crippen LogP contribution in [0, 0.1) is 0 Å². The summed E-state index contributed by atoms with van der Waals surface area (Å²) in [4.78, 5) is 1.41. The molecule has 0 amide bonds. The molecule has 138 valence electrons. The van der Waals surface area contributed by atoms with Gasteiger partial charge in [0.2, 0.25) is 0 Å². The van der Waals surface area contributed by atoms with E-state index in [9.17, 15) is 0 Å². The van der Waals surface area contributed by atoms with E-state index in [1.165, 1.54) is 21.2 Å². The van der Waals surface area contributed by atoms with Gasteiger partial charge in [0.1, 0.15) is 5.75 Å². The zero-order chi connectivity index (χ0) is 18.6. The van der Waals surface area contributed by atoms with Gasteiger partial charge < -0.3 is 10.1 Å². The van der Waals surface area contributed by atoms with E-state index in [2.05, 4.69) is 70.3 Å². The van der Waals surface area contributed by atoms with Gasteiger partial charge in [-0.1, -0.05) is 24.3 Å². The smallest absolute Gasteiger partial charge is 0.119 e. The lowest BCUT2D eigenvalue weighted by Gasteiger charge is -2.13. The van der Waals surface area contributed by atoms with Crippen LogP contribution in [0.5, 0.6) is 5.75 Å². The van der Waals surface area contributed by atoms with Gasteiger partial charge in [0, 0.05) is 28.6 Å². The van der Waals surface area contributed by atoms with Gasteiger partial charge in [-0.2, -0.15) is 5.10 Å². The van der Waals surface area contributed by atoms with Crippen LogP contribution in [0.15, 0.2) is 60.1 Å². The summed E-state index contributed by atoms with van der Waals surface area (Å²) in [6.45, 7) is 3.02. The molecular formula is C22H23N3OS. The second kappa shape index (κ2) is 7.94. The molecule has 0 unspecified atom stereocenters. The lowest BCUT2D eigenvalue weighted by molar-refractivity contribution is 0.415. The number of aromatic amines is 1. The van der Waals surface area contributed by atoms with E-state index < -0.39 is 0 Å². The van der Waals surface area contributed by atoms with Gasteiger partial charge in [-0.3, -0.25) is 5.10 Å². The Labute approximate surface area is 163 Å². The minimum absolute atomic E-state index is 0.412. The first kappa shape index (κ1) is 17.8. The molecule has 2 N–H and O–H groups in total. The SMILES string of the molecule is COc1ccc2cc(-c3[nH]ncc3CN[C@H](C)Cc3cccs3)ccc2c1. The molecule has 0 saturated heterocycles. The molecule has 4 rings (SSSR count). The molecular weight excluding hydrogens is 354 g/mol. The summed E-state index contributed by atoms with van der Waals surface area (Å²) in [7, 11) is 1.69. The van der Waals surface area contributed by atoms with Crippen molar-refractivity contribution in [2.24, 2.45) is 0 Å². The topological polar surface area (TPSA) is 49.9 Å². The Kier molecular flexibility index (Phi) is 5.23. The zero-order valence-electron chi connectivity index (χ0n) is 15.5. The number of hydrogen-bond acceptors (Lipinski definition) is 4. The van der Waals surface area contributed by atoms with Crippen LogP contribution in [0.4, 0.5) is 0 Å². The van der Waals surface area contributed by atoms with Crippen molar-refractivity contribution >= 4 is 22.1 Å². The van der Waals surface area contributed by atoms with Gasteiger partial charge in [0.15, 0.2) is 0 Å². The highest BCUT2D eigenvalue weighted by atomic mass is 32.1. The highest BCUT2D eigenvalue weighted by Crippen LogP contribution is 2.28. The standard InChI is InChI=1S/C22H23N3OS/c1-15(10-21-4-3-9-27-21)23-13-19-14-24-25-22(19)18-6-5-17-12-20(26-2)8-7-16(17)11-18/h3-9,11-12,14-15,23H,10,13H2,1-2H3,(H,24,25)/t15-/m1/s1. The molecule has 0 spiro atoms. The predicted octanol–water partition coefficient (Wildman–Crippen LogP) is 5.02. The Bertz CT molecular complexity index is 1020. The molecule has 4 aromatic rings. The quantitative estimate of drug-likeness (QED) is 0.475. The van der Waals surface area contributed by atoms with Crippen molar-refractivity contribution in [1.29, 1.82) is 0 Å². The van der Waals surface area contributed by atoms with Crippen molar-refractivity contribution in [1.82, 2.24) is 15.5 Å². The number of aromatic nitrogens is 2. The number of ether oxygens (including phenoxy) is 1. The molecule has 0 aliphatic rings. The maximum Gasteiger partial charge on any atom is 0.119 e. The number of rotatable bonds is 7. The molecule has 0 bridgehead atoms. The Balaban J connectivity index is 1.50. The Morgan fingerprint density at radius 2 is 2.00 bits per heavy atom. The molecule has 0 radical (unpaired) electrons. The van der Waals surface area contributed by atoms with Crippen molar-refractivity contribution < 1.29 is 4.74 Å². The normalized spacial score (nSPS) is 12.4. The molecule has 2 aromatic heterocycles. The summed E-state index contributed by atoms with van der Waals surface area (Å²) < 4.78 is 5.31. The molecule has 2 heterocycles. The molecule has 2 aromatic carbocycles. The predicted molar refractivity (Wildman–Crippen MR) is 112 cm³/mol. The van der Waals surface area contributed by atoms with Gasteiger partial charge in [0.25, 0.3) is 0 Å². The zero-order valence-corrected chi connectivity index (χ0v) is 16.3. The van der Waals surface area contributed by atoms with Crippen molar-refractivity contribution in [3.05, 3.63) is 70.5 Å². The number of fused-ring (bicyclic) bond motifs is 1. The van der Waals surface area contributed by atoms with Gasteiger partial charge in [-0.15, -0.1) is 11.3 Å². The minimum Gasteiger partial charge on any atom is -0.497 e. The first-order valence-electron chi connectivity index (χ1n) is 9.09. The third kappa shape index (κ3) is 4.04. The largest absolute Gasteiger partial charge is 0.497 e. The summed E-state index contributed by atoms with van der Waals surface area (Å²) in [5.74, 6) is 0.876. The summed E-state index contributed by atoms with van der Waals surface area (Å²) >= 11 is 1.81. The van der Waals surface area contributed by atoms with Crippen LogP contribution in [0.25, 0.3) is 22.0 Å². The maximum atomic E-state index is 5.31. The average Bonchev–Trinajstić information content (AvgIpc) is 3.37. The lowest BCUT2D eigenvalue weighted by Crippen LogP contribution is -2.27. The summed E-state index contributed by atoms with van der Waals surface area (Å²) in [5, 5.41) is 15.5. The molecule has 0 saturated carbocycles. The Hall–Kier alpha value is -2.63. The molecule has 0 aliphatic heterocycles. The fraction of sp³-hybridized carbons (Fsp3) is 0.227. The molecule has 27 heavy (non-hydrogen) atoms. The number of nitrogens with one attached hydrogen (secondary N) is 2. The maximum absolute atomic E-state index is 5.31. The minimum atomic E-state index is 0.412. The van der Waals surface area contributed by atoms with Crippen molar-refractivity contribution in [3.63, 3.8) is 0 Å². The molecule has 1 atom stereocenters. The first-order chi connectivity index (χ1) is 13.2. The molecule has 0 fully saturated rings.